The van der Waals surface area contributed by atoms with Crippen molar-refractivity contribution in [2.45, 2.75) is 19.8 Å². The molecule has 0 amide bonds. The maximum absolute atomic E-state index is 11.1. The molecule has 3 heteroatoms. The zero-order valence-electron chi connectivity index (χ0n) is 8.86. The molecular weight excluding hydrogens is 188 g/mol. The van der Waals surface area contributed by atoms with Crippen LogP contribution in [0.3, 0.4) is 0 Å². The van der Waals surface area contributed by atoms with Crippen molar-refractivity contribution in [2.75, 3.05) is 11.4 Å². The van der Waals surface area contributed by atoms with E-state index < -0.39 is 0 Å². The number of Topliss-reactive ketones (excluding diaryl/α,β-unsaturated/α-hetero) is 1. The zero-order chi connectivity index (χ0) is 10.8. The first-order chi connectivity index (χ1) is 7.18. The first-order valence-electron chi connectivity index (χ1n) is 5.11. The van der Waals surface area contributed by atoms with Crippen LogP contribution in [0.4, 0.5) is 5.82 Å². The lowest BCUT2D eigenvalue weighted by Gasteiger charge is -2.17. The molecule has 1 aromatic rings. The third-order valence-electron chi connectivity index (χ3n) is 2.66. The molecule has 0 bridgehead atoms. The highest BCUT2D eigenvalue weighted by Crippen LogP contribution is 2.25. The van der Waals surface area contributed by atoms with Gasteiger partial charge in [-0.1, -0.05) is 6.58 Å². The molecule has 0 saturated carbocycles. The molecule has 2 rings (SSSR count). The molecule has 1 aliphatic heterocycles. The van der Waals surface area contributed by atoms with E-state index >= 15 is 0 Å². The van der Waals surface area contributed by atoms with E-state index in [1.54, 1.807) is 13.1 Å². The molecule has 1 saturated heterocycles. The topological polar surface area (TPSA) is 33.2 Å². The summed E-state index contributed by atoms with van der Waals surface area (Å²) < 4.78 is 0. The fraction of sp³-hybridized carbons (Fsp3) is 0.333. The van der Waals surface area contributed by atoms with Crippen LogP contribution in [0.2, 0.25) is 0 Å². The second-order valence-electron chi connectivity index (χ2n) is 3.78. The molecule has 1 aromatic heterocycles. The van der Waals surface area contributed by atoms with Gasteiger partial charge in [-0.2, -0.15) is 0 Å². The lowest BCUT2D eigenvalue weighted by atomic mass is 10.2. The normalized spacial score (nSPS) is 15.8. The average molecular weight is 202 g/mol. The average Bonchev–Trinajstić information content (AvgIpc) is 2.65. The van der Waals surface area contributed by atoms with Crippen molar-refractivity contribution < 1.29 is 4.79 Å². The summed E-state index contributed by atoms with van der Waals surface area (Å²) in [6.45, 7) is 6.51. The maximum Gasteiger partial charge on any atom is 0.161 e. The number of aromatic nitrogens is 1. The Kier molecular flexibility index (Phi) is 2.54. The largest absolute Gasteiger partial charge is 0.331 e. The Morgan fingerprint density at radius 2 is 2.33 bits per heavy atom. The number of nitrogens with zero attached hydrogens (tertiary/aromatic N) is 2. The van der Waals surface area contributed by atoms with Gasteiger partial charge < -0.3 is 4.90 Å². The van der Waals surface area contributed by atoms with Crippen molar-refractivity contribution in [1.29, 1.82) is 0 Å². The quantitative estimate of drug-likeness (QED) is 0.690. The number of rotatable bonds is 2. The van der Waals surface area contributed by atoms with Crippen molar-refractivity contribution in [1.82, 2.24) is 4.98 Å². The summed E-state index contributed by atoms with van der Waals surface area (Å²) in [6, 6.07) is 3.70. The fourth-order valence-electron chi connectivity index (χ4n) is 1.76. The second-order valence-corrected chi connectivity index (χ2v) is 3.78. The lowest BCUT2D eigenvalue weighted by Crippen LogP contribution is -2.16. The van der Waals surface area contributed by atoms with Gasteiger partial charge in [-0.25, -0.2) is 4.98 Å². The van der Waals surface area contributed by atoms with Crippen LogP contribution >= 0.6 is 0 Å². The zero-order valence-corrected chi connectivity index (χ0v) is 8.86. The Labute approximate surface area is 89.4 Å². The summed E-state index contributed by atoms with van der Waals surface area (Å²) in [5.41, 5.74) is 1.77. The molecule has 0 unspecified atom stereocenters. The van der Waals surface area contributed by atoms with Crippen molar-refractivity contribution in [2.24, 2.45) is 0 Å². The van der Waals surface area contributed by atoms with E-state index in [-0.39, 0.29) is 5.78 Å². The highest BCUT2D eigenvalue weighted by Gasteiger charge is 2.17. The molecule has 78 valence electrons. The fourth-order valence-corrected chi connectivity index (χ4v) is 1.76. The summed E-state index contributed by atoms with van der Waals surface area (Å²) >= 11 is 0. The molecule has 2 heterocycles. The number of carbonyl (C=O) groups is 1. The Balaban J connectivity index is 2.23. The van der Waals surface area contributed by atoms with Crippen LogP contribution in [-0.2, 0) is 0 Å². The Hall–Kier alpha value is -1.64. The van der Waals surface area contributed by atoms with E-state index in [9.17, 15) is 4.79 Å². The Morgan fingerprint density at radius 1 is 1.53 bits per heavy atom. The van der Waals surface area contributed by atoms with Gasteiger partial charge in [0.05, 0.1) is 0 Å². The SMILES string of the molecule is C=C1CCCN1c1ccc(C(C)=O)cn1. The Bertz CT molecular complexity index is 395. The molecule has 0 atom stereocenters. The highest BCUT2D eigenvalue weighted by molar-refractivity contribution is 5.93. The monoisotopic (exact) mass is 202 g/mol. The van der Waals surface area contributed by atoms with Gasteiger partial charge in [0.1, 0.15) is 5.82 Å². The minimum atomic E-state index is 0.0503. The minimum Gasteiger partial charge on any atom is -0.331 e. The molecule has 0 radical (unpaired) electrons. The van der Waals surface area contributed by atoms with Crippen molar-refractivity contribution in [3.8, 4) is 0 Å². The van der Waals surface area contributed by atoms with Crippen LogP contribution in [0.1, 0.15) is 30.1 Å². The summed E-state index contributed by atoms with van der Waals surface area (Å²) in [4.78, 5) is 17.4. The molecule has 0 spiro atoms. The Morgan fingerprint density at radius 3 is 2.80 bits per heavy atom. The molecule has 15 heavy (non-hydrogen) atoms. The molecule has 0 aliphatic carbocycles. The number of anilines is 1. The smallest absolute Gasteiger partial charge is 0.161 e. The molecule has 1 fully saturated rings. The summed E-state index contributed by atoms with van der Waals surface area (Å²) in [7, 11) is 0. The minimum absolute atomic E-state index is 0.0503. The van der Waals surface area contributed by atoms with Crippen molar-refractivity contribution in [3.05, 3.63) is 36.2 Å². The van der Waals surface area contributed by atoms with E-state index in [1.165, 1.54) is 0 Å². The van der Waals surface area contributed by atoms with Gasteiger partial charge in [0, 0.05) is 24.0 Å². The molecule has 0 N–H and O–H groups in total. The number of hydrogen-bond acceptors (Lipinski definition) is 3. The molecule has 3 nitrogen and oxygen atoms in total. The standard InChI is InChI=1S/C12H14N2O/c1-9-4-3-7-14(9)12-6-5-11(8-13-12)10(2)15/h5-6,8H,1,3-4,7H2,2H3. The predicted molar refractivity (Wildman–Crippen MR) is 60.0 cm³/mol. The number of allylic oxidation sites excluding steroid dienone is 1. The van der Waals surface area contributed by atoms with E-state index in [4.69, 9.17) is 0 Å². The molecule has 0 aromatic carbocycles. The van der Waals surface area contributed by atoms with Crippen molar-refractivity contribution in [3.63, 3.8) is 0 Å². The summed E-state index contributed by atoms with van der Waals surface area (Å²) in [5.74, 6) is 0.941. The lowest BCUT2D eigenvalue weighted by molar-refractivity contribution is 0.101. The number of carbonyl (C=O) groups excluding carboxylic acids is 1. The van der Waals surface area contributed by atoms with Gasteiger partial charge in [0.15, 0.2) is 5.78 Å². The predicted octanol–water partition coefficient (Wildman–Crippen LogP) is 2.40. The third-order valence-corrected chi connectivity index (χ3v) is 2.66. The van der Waals surface area contributed by atoms with E-state index in [0.717, 1.165) is 30.9 Å². The highest BCUT2D eigenvalue weighted by atomic mass is 16.1. The van der Waals surface area contributed by atoms with Gasteiger partial charge in [-0.15, -0.1) is 0 Å². The summed E-state index contributed by atoms with van der Waals surface area (Å²) in [5, 5.41) is 0. The third kappa shape index (κ3) is 1.91. The van der Waals surface area contributed by atoms with Crippen LogP contribution in [0.5, 0.6) is 0 Å². The number of ketones is 1. The van der Waals surface area contributed by atoms with Gasteiger partial charge in [0.25, 0.3) is 0 Å². The first kappa shape index (κ1) is 9.90. The van der Waals surface area contributed by atoms with Crippen molar-refractivity contribution >= 4 is 11.6 Å². The van der Waals surface area contributed by atoms with Crippen LogP contribution in [0.25, 0.3) is 0 Å². The van der Waals surface area contributed by atoms with Crippen LogP contribution in [-0.4, -0.2) is 17.3 Å². The van der Waals surface area contributed by atoms with Gasteiger partial charge in [-0.05, 0) is 31.9 Å². The summed E-state index contributed by atoms with van der Waals surface area (Å²) in [6.07, 6.45) is 3.80. The van der Waals surface area contributed by atoms with Gasteiger partial charge in [-0.3, -0.25) is 4.79 Å². The van der Waals surface area contributed by atoms with E-state index in [1.807, 2.05) is 12.1 Å². The maximum atomic E-state index is 11.1. The second kappa shape index (κ2) is 3.85. The molecule has 1 aliphatic rings. The van der Waals surface area contributed by atoms with Crippen LogP contribution in [0.15, 0.2) is 30.6 Å². The molecular formula is C12H14N2O. The number of pyridine rings is 1. The van der Waals surface area contributed by atoms with Gasteiger partial charge in [0.2, 0.25) is 0 Å². The van der Waals surface area contributed by atoms with Crippen LogP contribution in [0, 0.1) is 0 Å². The first-order valence-corrected chi connectivity index (χ1v) is 5.11. The number of hydrogen-bond donors (Lipinski definition) is 0. The van der Waals surface area contributed by atoms with Crippen LogP contribution < -0.4 is 4.90 Å². The van der Waals surface area contributed by atoms with E-state index in [2.05, 4.69) is 16.5 Å². The van der Waals surface area contributed by atoms with E-state index in [0.29, 0.717) is 5.56 Å². The van der Waals surface area contributed by atoms with Gasteiger partial charge >= 0.3 is 0 Å².